The molecule has 1 saturated heterocycles. The Hall–Kier alpha value is -0.000000000000000111. The molecule has 1 aliphatic rings. The number of hydrogen-bond acceptors (Lipinski definition) is 2. The van der Waals surface area contributed by atoms with Crippen LogP contribution in [0.2, 0.25) is 10.0 Å². The molecule has 19 heavy (non-hydrogen) atoms. The van der Waals surface area contributed by atoms with Crippen LogP contribution < -0.4 is 0 Å². The molecule has 1 heterocycles. The van der Waals surface area contributed by atoms with E-state index in [9.17, 15) is 8.42 Å². The highest BCUT2D eigenvalue weighted by Crippen LogP contribution is 2.34. The first-order valence-corrected chi connectivity index (χ1v) is 8.63. The highest BCUT2D eigenvalue weighted by molar-refractivity contribution is 7.89. The summed E-state index contributed by atoms with van der Waals surface area (Å²) in [5.41, 5.74) is 0.529. The second kappa shape index (κ2) is 5.78. The van der Waals surface area contributed by atoms with Gasteiger partial charge in [-0.3, -0.25) is 0 Å². The fourth-order valence-electron chi connectivity index (χ4n) is 2.16. The molecule has 1 aromatic rings. The van der Waals surface area contributed by atoms with Crippen LogP contribution in [0.4, 0.5) is 0 Å². The number of sulfonamides is 1. The minimum absolute atomic E-state index is 0.0476. The summed E-state index contributed by atoms with van der Waals surface area (Å²) in [5, 5.41) is 0.491. The van der Waals surface area contributed by atoms with E-state index in [4.69, 9.17) is 34.8 Å². The number of rotatable bonds is 3. The van der Waals surface area contributed by atoms with Gasteiger partial charge in [-0.05, 0) is 30.0 Å². The first-order chi connectivity index (χ1) is 8.86. The van der Waals surface area contributed by atoms with Gasteiger partial charge in [0, 0.05) is 24.0 Å². The van der Waals surface area contributed by atoms with Crippen LogP contribution in [0.1, 0.15) is 18.9 Å². The Balaban J connectivity index is 2.49. The second-order valence-electron chi connectivity index (χ2n) is 4.77. The third-order valence-electron chi connectivity index (χ3n) is 3.23. The van der Waals surface area contributed by atoms with Gasteiger partial charge in [0.05, 0.1) is 5.02 Å². The molecular weight excluding hydrogens is 329 g/mol. The molecule has 0 amide bonds. The van der Waals surface area contributed by atoms with Crippen LogP contribution in [0, 0.1) is 5.92 Å². The van der Waals surface area contributed by atoms with Crippen molar-refractivity contribution >= 4 is 44.8 Å². The monoisotopic (exact) mass is 341 g/mol. The summed E-state index contributed by atoms with van der Waals surface area (Å²) in [6, 6.07) is 2.97. The van der Waals surface area contributed by atoms with E-state index in [0.29, 0.717) is 29.6 Å². The average molecular weight is 343 g/mol. The van der Waals surface area contributed by atoms with E-state index in [2.05, 4.69) is 0 Å². The van der Waals surface area contributed by atoms with Crippen LogP contribution >= 0.6 is 34.8 Å². The zero-order valence-electron chi connectivity index (χ0n) is 10.4. The standard InChI is InChI=1S/C12H14Cl3NO2S/c1-8-2-3-16(7-8)19(17,18)11-5-10(14)4-9(6-13)12(11)15/h4-5,8H,2-3,6-7H2,1H3. The highest BCUT2D eigenvalue weighted by atomic mass is 35.5. The van der Waals surface area contributed by atoms with E-state index in [-0.39, 0.29) is 15.8 Å². The Kier molecular flexibility index (Phi) is 4.68. The van der Waals surface area contributed by atoms with Crippen LogP contribution in [0.15, 0.2) is 17.0 Å². The maximum atomic E-state index is 12.6. The normalized spacial score (nSPS) is 20.9. The molecule has 0 N–H and O–H groups in total. The molecule has 106 valence electrons. The van der Waals surface area contributed by atoms with Gasteiger partial charge in [0.15, 0.2) is 0 Å². The minimum Gasteiger partial charge on any atom is -0.207 e. The minimum atomic E-state index is -3.60. The lowest BCUT2D eigenvalue weighted by molar-refractivity contribution is 0.464. The molecular formula is C12H14Cl3NO2S. The van der Waals surface area contributed by atoms with Gasteiger partial charge in [-0.2, -0.15) is 4.31 Å². The Morgan fingerprint density at radius 3 is 2.58 bits per heavy atom. The smallest absolute Gasteiger partial charge is 0.207 e. The summed E-state index contributed by atoms with van der Waals surface area (Å²) in [6.45, 7) is 3.06. The molecule has 2 rings (SSSR count). The Morgan fingerprint density at radius 2 is 2.05 bits per heavy atom. The third kappa shape index (κ3) is 3.03. The van der Waals surface area contributed by atoms with Gasteiger partial charge in [-0.1, -0.05) is 30.1 Å². The molecule has 1 fully saturated rings. The predicted octanol–water partition coefficient (Wildman–Crippen LogP) is 3.76. The first-order valence-electron chi connectivity index (χ1n) is 5.90. The molecule has 1 unspecified atom stereocenters. The Morgan fingerprint density at radius 1 is 1.37 bits per heavy atom. The number of benzene rings is 1. The number of nitrogens with zero attached hydrogens (tertiary/aromatic N) is 1. The fourth-order valence-corrected chi connectivity index (χ4v) is 4.92. The molecule has 0 bridgehead atoms. The van der Waals surface area contributed by atoms with Crippen LogP contribution in [0.5, 0.6) is 0 Å². The molecule has 0 aromatic heterocycles. The molecule has 1 atom stereocenters. The largest absolute Gasteiger partial charge is 0.244 e. The number of hydrogen-bond donors (Lipinski definition) is 0. The third-order valence-corrected chi connectivity index (χ3v) is 6.18. The van der Waals surface area contributed by atoms with Gasteiger partial charge in [-0.25, -0.2) is 8.42 Å². The Labute approximate surface area is 128 Å². The first kappa shape index (κ1) is 15.4. The fraction of sp³-hybridized carbons (Fsp3) is 0.500. The lowest BCUT2D eigenvalue weighted by atomic mass is 10.2. The van der Waals surface area contributed by atoms with Crippen molar-refractivity contribution in [1.82, 2.24) is 4.31 Å². The van der Waals surface area contributed by atoms with Gasteiger partial charge in [0.25, 0.3) is 0 Å². The van der Waals surface area contributed by atoms with Crippen molar-refractivity contribution in [2.24, 2.45) is 5.92 Å². The number of halogens is 3. The van der Waals surface area contributed by atoms with Gasteiger partial charge >= 0.3 is 0 Å². The summed E-state index contributed by atoms with van der Waals surface area (Å²) in [7, 11) is -3.60. The second-order valence-corrected chi connectivity index (χ2v) is 7.76. The summed E-state index contributed by atoms with van der Waals surface area (Å²) in [6.07, 6.45) is 0.861. The van der Waals surface area contributed by atoms with Crippen molar-refractivity contribution in [1.29, 1.82) is 0 Å². The molecule has 0 radical (unpaired) electrons. The summed E-state index contributed by atoms with van der Waals surface area (Å²) in [4.78, 5) is 0.0476. The zero-order chi connectivity index (χ0) is 14.2. The van der Waals surface area contributed by atoms with Crippen molar-refractivity contribution in [2.45, 2.75) is 24.1 Å². The maximum Gasteiger partial charge on any atom is 0.244 e. The van der Waals surface area contributed by atoms with Crippen LogP contribution in [-0.4, -0.2) is 25.8 Å². The number of alkyl halides is 1. The molecule has 7 heteroatoms. The van der Waals surface area contributed by atoms with Crippen LogP contribution in [0.3, 0.4) is 0 Å². The SMILES string of the molecule is CC1CCN(S(=O)(=O)c2cc(Cl)cc(CCl)c2Cl)C1. The summed E-state index contributed by atoms with van der Waals surface area (Å²) >= 11 is 17.8. The van der Waals surface area contributed by atoms with Gasteiger partial charge in [-0.15, -0.1) is 11.6 Å². The van der Waals surface area contributed by atoms with E-state index >= 15 is 0 Å². The lowest BCUT2D eigenvalue weighted by Gasteiger charge is -2.18. The van der Waals surface area contributed by atoms with Gasteiger partial charge in [0.1, 0.15) is 4.90 Å². The zero-order valence-corrected chi connectivity index (χ0v) is 13.5. The van der Waals surface area contributed by atoms with Crippen molar-refractivity contribution in [3.63, 3.8) is 0 Å². The maximum absolute atomic E-state index is 12.6. The topological polar surface area (TPSA) is 37.4 Å². The van der Waals surface area contributed by atoms with Crippen molar-refractivity contribution < 1.29 is 8.42 Å². The average Bonchev–Trinajstić information content (AvgIpc) is 2.79. The van der Waals surface area contributed by atoms with Gasteiger partial charge in [0.2, 0.25) is 10.0 Å². The molecule has 3 nitrogen and oxygen atoms in total. The molecule has 0 aliphatic carbocycles. The predicted molar refractivity (Wildman–Crippen MR) is 78.6 cm³/mol. The lowest BCUT2D eigenvalue weighted by Crippen LogP contribution is -2.29. The Bertz CT molecular complexity index is 589. The van der Waals surface area contributed by atoms with E-state index in [0.717, 1.165) is 6.42 Å². The van der Waals surface area contributed by atoms with Crippen LogP contribution in [0.25, 0.3) is 0 Å². The van der Waals surface area contributed by atoms with Crippen LogP contribution in [-0.2, 0) is 15.9 Å². The van der Waals surface area contributed by atoms with E-state index < -0.39 is 10.0 Å². The van der Waals surface area contributed by atoms with E-state index in [1.165, 1.54) is 10.4 Å². The van der Waals surface area contributed by atoms with E-state index in [1.807, 2.05) is 6.92 Å². The highest BCUT2D eigenvalue weighted by Gasteiger charge is 2.32. The van der Waals surface area contributed by atoms with Crippen molar-refractivity contribution in [3.05, 3.63) is 27.7 Å². The molecule has 1 aromatic carbocycles. The molecule has 1 aliphatic heterocycles. The van der Waals surface area contributed by atoms with Crippen molar-refractivity contribution in [2.75, 3.05) is 13.1 Å². The van der Waals surface area contributed by atoms with Gasteiger partial charge < -0.3 is 0 Å². The molecule has 0 spiro atoms. The quantitative estimate of drug-likeness (QED) is 0.784. The summed E-state index contributed by atoms with van der Waals surface area (Å²) < 4.78 is 26.6. The molecule has 0 saturated carbocycles. The summed E-state index contributed by atoms with van der Waals surface area (Å²) in [5.74, 6) is 0.485. The van der Waals surface area contributed by atoms with E-state index in [1.54, 1.807) is 6.07 Å². The van der Waals surface area contributed by atoms with Crippen molar-refractivity contribution in [3.8, 4) is 0 Å².